The van der Waals surface area contributed by atoms with Crippen molar-refractivity contribution in [1.29, 1.82) is 0 Å². The van der Waals surface area contributed by atoms with Crippen LogP contribution in [-0.4, -0.2) is 28.8 Å². The standard InChI is InChI=1S/C12H14N2O4/c15-8-3-4-10(9(5-8)11(16)17)14-12(18)13-6-7-1-2-7/h3-5,7,15H,1-2,6H2,(H,16,17)(H2,13,14,18). The Morgan fingerprint density at radius 3 is 2.67 bits per heavy atom. The summed E-state index contributed by atoms with van der Waals surface area (Å²) < 4.78 is 0. The second kappa shape index (κ2) is 4.95. The molecule has 0 atom stereocenters. The lowest BCUT2D eigenvalue weighted by Gasteiger charge is -2.09. The van der Waals surface area contributed by atoms with E-state index >= 15 is 0 Å². The van der Waals surface area contributed by atoms with E-state index < -0.39 is 12.0 Å². The van der Waals surface area contributed by atoms with Gasteiger partial charge in [0.05, 0.1) is 11.3 Å². The molecule has 6 heteroatoms. The Morgan fingerprint density at radius 1 is 1.33 bits per heavy atom. The largest absolute Gasteiger partial charge is 0.508 e. The average molecular weight is 250 g/mol. The van der Waals surface area contributed by atoms with Crippen LogP contribution in [0.4, 0.5) is 10.5 Å². The summed E-state index contributed by atoms with van der Waals surface area (Å²) in [5, 5.41) is 23.3. The lowest BCUT2D eigenvalue weighted by Crippen LogP contribution is -2.30. The molecule has 4 N–H and O–H groups in total. The number of carbonyl (C=O) groups excluding carboxylic acids is 1. The summed E-state index contributed by atoms with van der Waals surface area (Å²) in [6.07, 6.45) is 2.25. The molecule has 0 aromatic heterocycles. The first kappa shape index (κ1) is 12.2. The smallest absolute Gasteiger partial charge is 0.337 e. The second-order valence-corrected chi connectivity index (χ2v) is 4.31. The predicted octanol–water partition coefficient (Wildman–Crippen LogP) is 1.62. The van der Waals surface area contributed by atoms with Crippen LogP contribution in [0, 0.1) is 5.92 Å². The van der Waals surface area contributed by atoms with E-state index in [1.807, 2.05) is 0 Å². The molecule has 2 rings (SSSR count). The summed E-state index contributed by atoms with van der Waals surface area (Å²) in [7, 11) is 0. The maximum atomic E-state index is 11.5. The van der Waals surface area contributed by atoms with Gasteiger partial charge in [0.1, 0.15) is 5.75 Å². The number of hydrogen-bond donors (Lipinski definition) is 4. The summed E-state index contributed by atoms with van der Waals surface area (Å²) >= 11 is 0. The van der Waals surface area contributed by atoms with E-state index in [4.69, 9.17) is 5.11 Å². The van der Waals surface area contributed by atoms with Crippen molar-refractivity contribution in [1.82, 2.24) is 5.32 Å². The number of anilines is 1. The number of rotatable bonds is 4. The number of benzene rings is 1. The van der Waals surface area contributed by atoms with Gasteiger partial charge in [0.2, 0.25) is 0 Å². The lowest BCUT2D eigenvalue weighted by molar-refractivity contribution is 0.0697. The number of urea groups is 1. The van der Waals surface area contributed by atoms with E-state index in [1.54, 1.807) is 0 Å². The first-order valence-electron chi connectivity index (χ1n) is 5.67. The number of aromatic hydroxyl groups is 1. The zero-order valence-electron chi connectivity index (χ0n) is 9.64. The van der Waals surface area contributed by atoms with Crippen molar-refractivity contribution in [3.63, 3.8) is 0 Å². The maximum absolute atomic E-state index is 11.5. The molecule has 1 fully saturated rings. The summed E-state index contributed by atoms with van der Waals surface area (Å²) in [6.45, 7) is 0.603. The number of nitrogens with one attached hydrogen (secondary N) is 2. The minimum atomic E-state index is -1.21. The molecule has 6 nitrogen and oxygen atoms in total. The van der Waals surface area contributed by atoms with E-state index in [9.17, 15) is 14.7 Å². The van der Waals surface area contributed by atoms with Gasteiger partial charge in [0.15, 0.2) is 0 Å². The van der Waals surface area contributed by atoms with E-state index in [0.717, 1.165) is 18.9 Å². The normalized spacial score (nSPS) is 14.0. The SMILES string of the molecule is O=C(NCC1CC1)Nc1ccc(O)cc1C(=O)O. The highest BCUT2D eigenvalue weighted by Crippen LogP contribution is 2.27. The van der Waals surface area contributed by atoms with E-state index in [1.165, 1.54) is 12.1 Å². The molecule has 1 aliphatic rings. The molecule has 18 heavy (non-hydrogen) atoms. The third-order valence-electron chi connectivity index (χ3n) is 2.73. The Hall–Kier alpha value is -2.24. The summed E-state index contributed by atoms with van der Waals surface area (Å²) in [4.78, 5) is 22.5. The molecule has 0 aliphatic heterocycles. The maximum Gasteiger partial charge on any atom is 0.337 e. The Morgan fingerprint density at radius 2 is 2.06 bits per heavy atom. The number of phenols is 1. The molecule has 1 aliphatic carbocycles. The number of carboxylic acids is 1. The van der Waals surface area contributed by atoms with Crippen LogP contribution < -0.4 is 10.6 Å². The molecule has 0 spiro atoms. The minimum Gasteiger partial charge on any atom is -0.508 e. The highest BCUT2D eigenvalue weighted by Gasteiger charge is 2.22. The third-order valence-corrected chi connectivity index (χ3v) is 2.73. The Bertz CT molecular complexity index is 483. The third kappa shape index (κ3) is 3.13. The molecule has 1 saturated carbocycles. The Balaban J connectivity index is 2.02. The number of carboxylic acid groups (broad SMARTS) is 1. The molecule has 1 aromatic carbocycles. The minimum absolute atomic E-state index is 0.142. The first-order valence-corrected chi connectivity index (χ1v) is 5.67. The summed E-state index contributed by atoms with van der Waals surface area (Å²) in [5.74, 6) is -0.811. The fourth-order valence-corrected chi connectivity index (χ4v) is 1.54. The molecule has 96 valence electrons. The van der Waals surface area contributed by atoms with Crippen molar-refractivity contribution in [3.8, 4) is 5.75 Å². The van der Waals surface area contributed by atoms with Gasteiger partial charge in [-0.25, -0.2) is 9.59 Å². The molecule has 2 amide bonds. The van der Waals surface area contributed by atoms with E-state index in [-0.39, 0.29) is 17.0 Å². The van der Waals surface area contributed by atoms with Crippen molar-refractivity contribution in [3.05, 3.63) is 23.8 Å². The fourth-order valence-electron chi connectivity index (χ4n) is 1.54. The summed E-state index contributed by atoms with van der Waals surface area (Å²) in [6, 6.07) is 3.34. The predicted molar refractivity (Wildman–Crippen MR) is 64.8 cm³/mol. The number of amides is 2. The number of phenolic OH excluding ortho intramolecular Hbond substituents is 1. The monoisotopic (exact) mass is 250 g/mol. The van der Waals surface area contributed by atoms with Crippen molar-refractivity contribution in [2.45, 2.75) is 12.8 Å². The van der Waals surface area contributed by atoms with Crippen LogP contribution in [0.15, 0.2) is 18.2 Å². The average Bonchev–Trinajstić information content (AvgIpc) is 3.12. The van der Waals surface area contributed by atoms with Crippen molar-refractivity contribution >= 4 is 17.7 Å². The van der Waals surface area contributed by atoms with Gasteiger partial charge >= 0.3 is 12.0 Å². The quantitative estimate of drug-likeness (QED) is 0.610. The first-order chi connectivity index (χ1) is 8.56. The molecule has 0 saturated heterocycles. The molecule has 1 aromatic rings. The highest BCUT2D eigenvalue weighted by molar-refractivity contribution is 6.00. The molecular formula is C12H14N2O4. The lowest BCUT2D eigenvalue weighted by atomic mass is 10.1. The van der Waals surface area contributed by atoms with Crippen molar-refractivity contribution < 1.29 is 19.8 Å². The van der Waals surface area contributed by atoms with Crippen LogP contribution in [0.2, 0.25) is 0 Å². The van der Waals surface area contributed by atoms with Gasteiger partial charge in [0, 0.05) is 6.54 Å². The van der Waals surface area contributed by atoms with Gasteiger partial charge in [-0.3, -0.25) is 0 Å². The van der Waals surface area contributed by atoms with Crippen LogP contribution in [0.1, 0.15) is 23.2 Å². The highest BCUT2D eigenvalue weighted by atomic mass is 16.4. The van der Waals surface area contributed by atoms with Gasteiger partial charge in [-0.2, -0.15) is 0 Å². The van der Waals surface area contributed by atoms with Crippen molar-refractivity contribution in [2.75, 3.05) is 11.9 Å². The molecular weight excluding hydrogens is 236 g/mol. The topological polar surface area (TPSA) is 98.7 Å². The Labute approximate surface area is 104 Å². The zero-order chi connectivity index (χ0) is 13.1. The van der Waals surface area contributed by atoms with Gasteiger partial charge < -0.3 is 20.8 Å². The van der Waals surface area contributed by atoms with Crippen molar-refractivity contribution in [2.24, 2.45) is 5.92 Å². The van der Waals surface area contributed by atoms with Gasteiger partial charge in [0.25, 0.3) is 0 Å². The molecule has 0 unspecified atom stereocenters. The molecule has 0 radical (unpaired) electrons. The zero-order valence-corrected chi connectivity index (χ0v) is 9.64. The van der Waals surface area contributed by atoms with Gasteiger partial charge in [-0.15, -0.1) is 0 Å². The molecule has 0 bridgehead atoms. The van der Waals surface area contributed by atoms with Gasteiger partial charge in [-0.1, -0.05) is 0 Å². The fraction of sp³-hybridized carbons (Fsp3) is 0.333. The number of hydrogen-bond acceptors (Lipinski definition) is 3. The Kier molecular flexibility index (Phi) is 3.36. The van der Waals surface area contributed by atoms with Crippen LogP contribution in [-0.2, 0) is 0 Å². The van der Waals surface area contributed by atoms with Crippen LogP contribution >= 0.6 is 0 Å². The molecule has 0 heterocycles. The van der Waals surface area contributed by atoms with E-state index in [2.05, 4.69) is 10.6 Å². The van der Waals surface area contributed by atoms with Crippen LogP contribution in [0.5, 0.6) is 5.75 Å². The number of aromatic carboxylic acids is 1. The van der Waals surface area contributed by atoms with E-state index in [0.29, 0.717) is 12.5 Å². The number of carbonyl (C=O) groups is 2. The second-order valence-electron chi connectivity index (χ2n) is 4.31. The van der Waals surface area contributed by atoms with Gasteiger partial charge in [-0.05, 0) is 37.0 Å². The van der Waals surface area contributed by atoms with Crippen LogP contribution in [0.3, 0.4) is 0 Å². The summed E-state index contributed by atoms with van der Waals surface area (Å²) in [5.41, 5.74) is 0.0187. The van der Waals surface area contributed by atoms with Crippen LogP contribution in [0.25, 0.3) is 0 Å².